The molecular weight excluding hydrogens is 309 g/mol. The topological polar surface area (TPSA) is 67.0 Å². The second-order valence-electron chi connectivity index (χ2n) is 6.43. The maximum absolute atomic E-state index is 13.5. The minimum Gasteiger partial charge on any atom is -0.455 e. The zero-order valence-corrected chi connectivity index (χ0v) is 13.7. The summed E-state index contributed by atoms with van der Waals surface area (Å²) in [5.74, 6) is -0.884. The molecule has 0 saturated carbocycles. The van der Waals surface area contributed by atoms with Gasteiger partial charge in [-0.3, -0.25) is 4.98 Å². The molecule has 0 aliphatic carbocycles. The Bertz CT molecular complexity index is 882. The summed E-state index contributed by atoms with van der Waals surface area (Å²) in [4.78, 5) is 19.4. The number of carbonyl (C=O) groups is 1. The van der Waals surface area contributed by atoms with Crippen LogP contribution in [-0.2, 0) is 4.74 Å². The Morgan fingerprint density at radius 3 is 2.58 bits per heavy atom. The van der Waals surface area contributed by atoms with Crippen molar-refractivity contribution in [1.82, 2.24) is 9.97 Å². The van der Waals surface area contributed by atoms with Crippen LogP contribution in [0.25, 0.3) is 10.9 Å². The van der Waals surface area contributed by atoms with Crippen molar-refractivity contribution < 1.29 is 13.9 Å². The number of benzene rings is 1. The van der Waals surface area contributed by atoms with Gasteiger partial charge in [0.2, 0.25) is 0 Å². The first-order chi connectivity index (χ1) is 11.3. The van der Waals surface area contributed by atoms with Gasteiger partial charge < -0.3 is 15.0 Å². The summed E-state index contributed by atoms with van der Waals surface area (Å²) in [6, 6.07) is 7.88. The van der Waals surface area contributed by atoms with E-state index < -0.39 is 11.6 Å². The van der Waals surface area contributed by atoms with Crippen LogP contribution in [0, 0.1) is 5.82 Å². The molecule has 6 heteroatoms. The number of aromatic nitrogens is 2. The Balaban J connectivity index is 2.09. The van der Waals surface area contributed by atoms with Gasteiger partial charge in [0.15, 0.2) is 0 Å². The van der Waals surface area contributed by atoms with Crippen LogP contribution in [0.1, 0.15) is 31.3 Å². The number of ether oxygens (including phenoxy) is 1. The van der Waals surface area contributed by atoms with Gasteiger partial charge in [0.1, 0.15) is 17.1 Å². The summed E-state index contributed by atoms with van der Waals surface area (Å²) < 4.78 is 19.0. The Hall–Kier alpha value is -2.89. The van der Waals surface area contributed by atoms with Gasteiger partial charge in [0.05, 0.1) is 11.2 Å². The first kappa shape index (κ1) is 16.0. The smallest absolute Gasteiger partial charge is 0.357 e. The predicted molar refractivity (Wildman–Crippen MR) is 90.9 cm³/mol. The van der Waals surface area contributed by atoms with Crippen LogP contribution in [0.15, 0.2) is 42.7 Å². The molecular formula is C18H18FN3O2. The number of fused-ring (bicyclic) bond motifs is 1. The Labute approximate surface area is 138 Å². The number of rotatable bonds is 3. The molecule has 24 heavy (non-hydrogen) atoms. The fraction of sp³-hybridized carbons (Fsp3) is 0.222. The SMILES string of the molecule is CC(C)(C)OC(=O)c1[nH]c2cc(F)ccc2c1Nc1ccncc1. The highest BCUT2D eigenvalue weighted by molar-refractivity contribution is 6.07. The van der Waals surface area contributed by atoms with E-state index in [1.807, 2.05) is 0 Å². The maximum atomic E-state index is 13.5. The molecule has 0 saturated heterocycles. The molecule has 0 atom stereocenters. The number of anilines is 2. The molecule has 3 rings (SSSR count). The van der Waals surface area contributed by atoms with Crippen molar-refractivity contribution in [1.29, 1.82) is 0 Å². The van der Waals surface area contributed by atoms with E-state index in [0.29, 0.717) is 16.6 Å². The molecule has 0 fully saturated rings. The van der Waals surface area contributed by atoms with Gasteiger partial charge in [-0.15, -0.1) is 0 Å². The van der Waals surface area contributed by atoms with Gasteiger partial charge >= 0.3 is 5.97 Å². The van der Waals surface area contributed by atoms with E-state index >= 15 is 0 Å². The highest BCUT2D eigenvalue weighted by Gasteiger charge is 2.24. The van der Waals surface area contributed by atoms with Crippen molar-refractivity contribution in [2.24, 2.45) is 0 Å². The summed E-state index contributed by atoms with van der Waals surface area (Å²) in [5.41, 5.74) is 1.45. The molecule has 0 spiro atoms. The molecule has 0 aliphatic heterocycles. The van der Waals surface area contributed by atoms with Gasteiger partial charge in [-0.05, 0) is 51.1 Å². The van der Waals surface area contributed by atoms with Crippen molar-refractivity contribution in [3.8, 4) is 0 Å². The third-order valence-electron chi connectivity index (χ3n) is 3.31. The second kappa shape index (κ2) is 5.96. The maximum Gasteiger partial charge on any atom is 0.357 e. The minimum absolute atomic E-state index is 0.252. The molecule has 0 bridgehead atoms. The molecule has 5 nitrogen and oxygen atoms in total. The lowest BCUT2D eigenvalue weighted by atomic mass is 10.2. The van der Waals surface area contributed by atoms with Gasteiger partial charge in [-0.1, -0.05) is 0 Å². The van der Waals surface area contributed by atoms with E-state index in [2.05, 4.69) is 15.3 Å². The largest absolute Gasteiger partial charge is 0.455 e. The lowest BCUT2D eigenvalue weighted by Gasteiger charge is -2.19. The first-order valence-corrected chi connectivity index (χ1v) is 7.55. The Morgan fingerprint density at radius 1 is 1.21 bits per heavy atom. The number of carbonyl (C=O) groups excluding carboxylic acids is 1. The van der Waals surface area contributed by atoms with Gasteiger partial charge in [0, 0.05) is 23.5 Å². The quantitative estimate of drug-likeness (QED) is 0.700. The number of esters is 1. The molecule has 2 aromatic heterocycles. The fourth-order valence-electron chi connectivity index (χ4n) is 2.36. The third-order valence-corrected chi connectivity index (χ3v) is 3.31. The normalized spacial score (nSPS) is 11.5. The van der Waals surface area contributed by atoms with Crippen molar-refractivity contribution >= 4 is 28.2 Å². The van der Waals surface area contributed by atoms with E-state index in [4.69, 9.17) is 4.74 Å². The number of nitrogens with one attached hydrogen (secondary N) is 2. The fourth-order valence-corrected chi connectivity index (χ4v) is 2.36. The number of nitrogens with zero attached hydrogens (tertiary/aromatic N) is 1. The zero-order chi connectivity index (χ0) is 17.3. The van der Waals surface area contributed by atoms with E-state index in [9.17, 15) is 9.18 Å². The summed E-state index contributed by atoms with van der Waals surface area (Å²) in [7, 11) is 0. The molecule has 2 N–H and O–H groups in total. The average molecular weight is 327 g/mol. The highest BCUT2D eigenvalue weighted by atomic mass is 19.1. The number of hydrogen-bond acceptors (Lipinski definition) is 4. The summed E-state index contributed by atoms with van der Waals surface area (Å²) in [6.45, 7) is 5.38. The number of aromatic amines is 1. The van der Waals surface area contributed by atoms with E-state index in [1.54, 1.807) is 51.4 Å². The molecule has 0 amide bonds. The Kier molecular flexibility index (Phi) is 3.97. The number of pyridine rings is 1. The molecule has 2 heterocycles. The molecule has 0 unspecified atom stereocenters. The molecule has 3 aromatic rings. The van der Waals surface area contributed by atoms with Crippen molar-refractivity contribution in [3.05, 3.63) is 54.2 Å². The lowest BCUT2D eigenvalue weighted by Crippen LogP contribution is -2.24. The standard InChI is InChI=1S/C18H18FN3O2/c1-18(2,3)24-17(23)16-15(21-12-6-8-20-9-7-12)13-5-4-11(19)10-14(13)22-16/h4-10,22H,1-3H3,(H,20,21). The van der Waals surface area contributed by atoms with Crippen LogP contribution in [0.5, 0.6) is 0 Å². The molecule has 0 aliphatic rings. The van der Waals surface area contributed by atoms with Crippen LogP contribution in [-0.4, -0.2) is 21.5 Å². The van der Waals surface area contributed by atoms with Crippen molar-refractivity contribution in [2.45, 2.75) is 26.4 Å². The van der Waals surface area contributed by atoms with Crippen LogP contribution < -0.4 is 5.32 Å². The van der Waals surface area contributed by atoms with Crippen molar-refractivity contribution in [2.75, 3.05) is 5.32 Å². The summed E-state index contributed by atoms with van der Waals surface area (Å²) in [5, 5.41) is 3.89. The zero-order valence-electron chi connectivity index (χ0n) is 13.7. The van der Waals surface area contributed by atoms with Gasteiger partial charge in [-0.25, -0.2) is 9.18 Å². The van der Waals surface area contributed by atoms with Gasteiger partial charge in [-0.2, -0.15) is 0 Å². The third kappa shape index (κ3) is 3.37. The first-order valence-electron chi connectivity index (χ1n) is 7.55. The monoisotopic (exact) mass is 327 g/mol. The highest BCUT2D eigenvalue weighted by Crippen LogP contribution is 2.32. The summed E-state index contributed by atoms with van der Waals surface area (Å²) in [6.07, 6.45) is 3.29. The minimum atomic E-state index is -0.631. The molecule has 124 valence electrons. The van der Waals surface area contributed by atoms with Crippen LogP contribution >= 0.6 is 0 Å². The second-order valence-corrected chi connectivity index (χ2v) is 6.43. The van der Waals surface area contributed by atoms with Crippen LogP contribution in [0.2, 0.25) is 0 Å². The van der Waals surface area contributed by atoms with E-state index in [1.165, 1.54) is 12.1 Å². The molecule has 1 aromatic carbocycles. The van der Waals surface area contributed by atoms with Crippen LogP contribution in [0.3, 0.4) is 0 Å². The van der Waals surface area contributed by atoms with E-state index in [0.717, 1.165) is 5.69 Å². The molecule has 0 radical (unpaired) electrons. The average Bonchev–Trinajstić information content (AvgIpc) is 2.84. The van der Waals surface area contributed by atoms with Crippen LogP contribution in [0.4, 0.5) is 15.8 Å². The van der Waals surface area contributed by atoms with Gasteiger partial charge in [0.25, 0.3) is 0 Å². The number of halogens is 1. The van der Waals surface area contributed by atoms with Crippen molar-refractivity contribution in [3.63, 3.8) is 0 Å². The summed E-state index contributed by atoms with van der Waals surface area (Å²) >= 11 is 0. The van der Waals surface area contributed by atoms with E-state index in [-0.39, 0.29) is 11.5 Å². The number of hydrogen-bond donors (Lipinski definition) is 2. The number of H-pyrrole nitrogens is 1. The predicted octanol–water partition coefficient (Wildman–Crippen LogP) is 4.40. The Morgan fingerprint density at radius 2 is 1.92 bits per heavy atom. The lowest BCUT2D eigenvalue weighted by molar-refractivity contribution is 0.00651.